The molecule has 1 heteroatoms. The van der Waals surface area contributed by atoms with Crippen molar-refractivity contribution in [1.29, 1.82) is 0 Å². The second-order valence-electron chi connectivity index (χ2n) is 4.44. The third-order valence-corrected chi connectivity index (χ3v) is 2.57. The molecule has 0 aromatic rings. The van der Waals surface area contributed by atoms with Gasteiger partial charge in [-0.2, -0.15) is 0 Å². The zero-order valence-electron chi connectivity index (χ0n) is 12.7. The van der Waals surface area contributed by atoms with E-state index in [-0.39, 0.29) is 0 Å². The van der Waals surface area contributed by atoms with Crippen LogP contribution >= 0.6 is 0 Å². The molecule has 0 saturated heterocycles. The number of aldehydes is 1. The van der Waals surface area contributed by atoms with Gasteiger partial charge in [0, 0.05) is 0 Å². The molecule has 0 unspecified atom stereocenters. The minimum Gasteiger partial charge on any atom is -0.299 e. The van der Waals surface area contributed by atoms with Crippen LogP contribution in [0.3, 0.4) is 0 Å². The van der Waals surface area contributed by atoms with E-state index in [2.05, 4.69) is 32.9 Å². The summed E-state index contributed by atoms with van der Waals surface area (Å²) in [5, 5.41) is 0. The highest BCUT2D eigenvalue weighted by molar-refractivity contribution is 5.64. The quantitative estimate of drug-likeness (QED) is 0.206. The average Bonchev–Trinajstić information content (AvgIpc) is 2.40. The molecule has 0 amide bonds. The Morgan fingerprint density at radius 3 is 1.72 bits per heavy atom. The van der Waals surface area contributed by atoms with Gasteiger partial charge in [-0.3, -0.25) is 4.79 Å². The summed E-state index contributed by atoms with van der Waals surface area (Å²) in [6, 6.07) is 0. The van der Waals surface area contributed by atoms with Gasteiger partial charge in [-0.25, -0.2) is 0 Å². The maximum atomic E-state index is 9.79. The van der Waals surface area contributed by atoms with Crippen LogP contribution in [0.4, 0.5) is 0 Å². The average molecular weight is 252 g/mol. The number of unbranched alkanes of at least 4 members (excludes halogenated alkanes) is 6. The molecule has 0 bridgehead atoms. The van der Waals surface area contributed by atoms with Crippen LogP contribution in [0.15, 0.2) is 24.3 Å². The summed E-state index contributed by atoms with van der Waals surface area (Å²) < 4.78 is 0. The van der Waals surface area contributed by atoms with Gasteiger partial charge in [0.15, 0.2) is 0 Å². The van der Waals surface area contributed by atoms with E-state index in [1.165, 1.54) is 38.5 Å². The van der Waals surface area contributed by atoms with Gasteiger partial charge < -0.3 is 0 Å². The Morgan fingerprint density at radius 1 is 0.722 bits per heavy atom. The summed E-state index contributed by atoms with van der Waals surface area (Å²) in [7, 11) is 0. The van der Waals surface area contributed by atoms with Crippen molar-refractivity contribution in [3.8, 4) is 0 Å². The van der Waals surface area contributed by atoms with Crippen molar-refractivity contribution < 1.29 is 4.79 Å². The van der Waals surface area contributed by atoms with Gasteiger partial charge >= 0.3 is 0 Å². The fraction of sp³-hybridized carbons (Fsp3) is 0.706. The molecule has 0 aromatic carbocycles. The molecule has 0 aromatic heterocycles. The van der Waals surface area contributed by atoms with Gasteiger partial charge in [-0.15, -0.1) is 0 Å². The van der Waals surface area contributed by atoms with Crippen LogP contribution in [0.25, 0.3) is 0 Å². The Kier molecular flexibility index (Phi) is 23.2. The second kappa shape index (κ2) is 21.4. The number of carbonyl (C=O) groups is 1. The van der Waals surface area contributed by atoms with E-state index in [1.54, 1.807) is 6.08 Å². The molecule has 0 aliphatic carbocycles. The molecule has 1 nitrogen and oxygen atoms in total. The maximum absolute atomic E-state index is 9.79. The van der Waals surface area contributed by atoms with Crippen LogP contribution in [0.1, 0.15) is 78.6 Å². The zero-order valence-corrected chi connectivity index (χ0v) is 12.7. The Bertz CT molecular complexity index is 186. The minimum absolute atomic E-state index is 0.809. The number of hydrogen-bond acceptors (Lipinski definition) is 1. The first-order chi connectivity index (χ1) is 8.83. The number of carbonyl (C=O) groups excluding carboxylic acids is 1. The molecule has 0 N–H and O–H groups in total. The van der Waals surface area contributed by atoms with Crippen molar-refractivity contribution in [3.63, 3.8) is 0 Å². The van der Waals surface area contributed by atoms with Gasteiger partial charge in [-0.05, 0) is 25.3 Å². The van der Waals surface area contributed by atoms with E-state index >= 15 is 0 Å². The highest BCUT2D eigenvalue weighted by atomic mass is 16.1. The van der Waals surface area contributed by atoms with E-state index < -0.39 is 0 Å². The van der Waals surface area contributed by atoms with Crippen LogP contribution in [0, 0.1) is 0 Å². The molecule has 0 aliphatic heterocycles. The summed E-state index contributed by atoms with van der Waals surface area (Å²) in [5.41, 5.74) is 0. The molecular weight excluding hydrogens is 220 g/mol. The Labute approximate surface area is 114 Å². The molecule has 0 spiro atoms. The lowest BCUT2D eigenvalue weighted by atomic mass is 10.1. The summed E-state index contributed by atoms with van der Waals surface area (Å²) in [4.78, 5) is 9.79. The molecule has 0 saturated carbocycles. The fourth-order valence-electron chi connectivity index (χ4n) is 1.48. The van der Waals surface area contributed by atoms with Crippen molar-refractivity contribution in [2.45, 2.75) is 78.6 Å². The second-order valence-corrected chi connectivity index (χ2v) is 4.44. The third kappa shape index (κ3) is 24.4. The number of rotatable bonds is 10. The van der Waals surface area contributed by atoms with Gasteiger partial charge in [-0.1, -0.05) is 77.5 Å². The molecule has 0 atom stereocenters. The molecule has 0 radical (unpaired) electrons. The topological polar surface area (TPSA) is 17.1 Å². The highest BCUT2D eigenvalue weighted by Crippen LogP contribution is 2.03. The molecular formula is C17H32O. The first-order valence-corrected chi connectivity index (χ1v) is 7.58. The van der Waals surface area contributed by atoms with E-state index in [4.69, 9.17) is 0 Å². The van der Waals surface area contributed by atoms with Crippen molar-refractivity contribution in [3.05, 3.63) is 24.3 Å². The van der Waals surface area contributed by atoms with Gasteiger partial charge in [0.25, 0.3) is 0 Å². The predicted octanol–water partition coefficient (Wildman–Crippen LogP) is 5.85. The SMILES string of the molecule is CC/C=C\CC/C=C/C=O.CCCCCCCC. The standard InChI is InChI=1S/C9H14O.C8H18/c1-2-3-4-5-6-7-8-9-10;1-3-5-7-8-6-4-2/h3-4,7-9H,2,5-6H2,1H3;3-8H2,1-2H3/b4-3-,8-7+;. The monoisotopic (exact) mass is 252 g/mol. The van der Waals surface area contributed by atoms with Crippen LogP contribution in [-0.2, 0) is 4.79 Å². The molecule has 0 fully saturated rings. The summed E-state index contributed by atoms with van der Waals surface area (Å²) in [6.07, 6.45) is 20.1. The first-order valence-electron chi connectivity index (χ1n) is 7.58. The van der Waals surface area contributed by atoms with E-state index in [0.717, 1.165) is 25.5 Å². The van der Waals surface area contributed by atoms with Gasteiger partial charge in [0.05, 0.1) is 0 Å². The number of hydrogen-bond donors (Lipinski definition) is 0. The molecule has 18 heavy (non-hydrogen) atoms. The molecule has 0 rings (SSSR count). The van der Waals surface area contributed by atoms with E-state index in [9.17, 15) is 4.79 Å². The fourth-order valence-corrected chi connectivity index (χ4v) is 1.48. The van der Waals surface area contributed by atoms with Crippen molar-refractivity contribution >= 4 is 6.29 Å². The van der Waals surface area contributed by atoms with E-state index in [1.807, 2.05) is 6.08 Å². The Balaban J connectivity index is 0. The third-order valence-electron chi connectivity index (χ3n) is 2.57. The first kappa shape index (κ1) is 19.5. The number of allylic oxidation sites excluding steroid dienone is 4. The zero-order chi connectivity index (χ0) is 13.9. The predicted molar refractivity (Wildman–Crippen MR) is 82.9 cm³/mol. The van der Waals surface area contributed by atoms with Crippen LogP contribution < -0.4 is 0 Å². The summed E-state index contributed by atoms with van der Waals surface area (Å²) in [5.74, 6) is 0. The highest BCUT2D eigenvalue weighted by Gasteiger charge is 1.83. The maximum Gasteiger partial charge on any atom is 0.142 e. The van der Waals surface area contributed by atoms with Gasteiger partial charge in [0.2, 0.25) is 0 Å². The van der Waals surface area contributed by atoms with Gasteiger partial charge in [0.1, 0.15) is 6.29 Å². The van der Waals surface area contributed by atoms with Crippen molar-refractivity contribution in [2.75, 3.05) is 0 Å². The van der Waals surface area contributed by atoms with Crippen LogP contribution in [0.5, 0.6) is 0 Å². The molecule has 106 valence electrons. The largest absolute Gasteiger partial charge is 0.299 e. The molecule has 0 aliphatic rings. The normalized spacial score (nSPS) is 10.6. The lowest BCUT2D eigenvalue weighted by molar-refractivity contribution is -0.104. The van der Waals surface area contributed by atoms with Crippen molar-refractivity contribution in [1.82, 2.24) is 0 Å². The van der Waals surface area contributed by atoms with Crippen molar-refractivity contribution in [2.24, 2.45) is 0 Å². The molecule has 0 heterocycles. The lowest BCUT2D eigenvalue weighted by Crippen LogP contribution is -1.73. The minimum atomic E-state index is 0.809. The smallest absolute Gasteiger partial charge is 0.142 e. The summed E-state index contributed by atoms with van der Waals surface area (Å²) in [6.45, 7) is 6.62. The Hall–Kier alpha value is -0.850. The lowest BCUT2D eigenvalue weighted by Gasteiger charge is -1.93. The Morgan fingerprint density at radius 2 is 1.28 bits per heavy atom. The van der Waals surface area contributed by atoms with Crippen LogP contribution in [0.2, 0.25) is 0 Å². The summed E-state index contributed by atoms with van der Waals surface area (Å²) >= 11 is 0. The van der Waals surface area contributed by atoms with Crippen LogP contribution in [-0.4, -0.2) is 6.29 Å². The van der Waals surface area contributed by atoms with E-state index in [0.29, 0.717) is 0 Å².